The Labute approximate surface area is 158 Å². The minimum atomic E-state index is -0.627. The number of benzene rings is 2. The Morgan fingerprint density at radius 1 is 0.920 bits per heavy atom. The first-order valence-electron chi connectivity index (χ1n) is 7.07. The van der Waals surface area contributed by atoms with Crippen LogP contribution in [0.4, 0.5) is 11.4 Å². The number of nitrogens with zero attached hydrogens (tertiary/aromatic N) is 1. The first kappa shape index (κ1) is 17.6. The SMILES string of the molecule is COc1ccc(Cl)cc1NC1=C(Cl)C(=O)N(c2ccc(Cl)cc2)C1=O. The van der Waals surface area contributed by atoms with E-state index in [-0.39, 0.29) is 10.7 Å². The highest BCUT2D eigenvalue weighted by molar-refractivity contribution is 6.53. The van der Waals surface area contributed by atoms with Crippen LogP contribution in [-0.2, 0) is 9.59 Å². The lowest BCUT2D eigenvalue weighted by atomic mass is 10.2. The fourth-order valence-electron chi connectivity index (χ4n) is 2.35. The fraction of sp³-hybridized carbons (Fsp3) is 0.0588. The van der Waals surface area contributed by atoms with Gasteiger partial charge in [-0.1, -0.05) is 34.8 Å². The van der Waals surface area contributed by atoms with Crippen molar-refractivity contribution in [2.75, 3.05) is 17.3 Å². The molecule has 0 aliphatic carbocycles. The Morgan fingerprint density at radius 3 is 2.20 bits per heavy atom. The van der Waals surface area contributed by atoms with Gasteiger partial charge in [0.25, 0.3) is 11.8 Å². The molecule has 0 saturated heterocycles. The third-order valence-electron chi connectivity index (χ3n) is 3.53. The number of carbonyl (C=O) groups is 2. The van der Waals surface area contributed by atoms with Crippen molar-refractivity contribution in [1.29, 1.82) is 0 Å². The third kappa shape index (κ3) is 3.31. The van der Waals surface area contributed by atoms with Gasteiger partial charge in [-0.25, -0.2) is 4.90 Å². The molecule has 25 heavy (non-hydrogen) atoms. The van der Waals surface area contributed by atoms with Gasteiger partial charge in [-0.15, -0.1) is 0 Å². The zero-order valence-electron chi connectivity index (χ0n) is 12.8. The number of rotatable bonds is 4. The highest BCUT2D eigenvalue weighted by atomic mass is 35.5. The summed E-state index contributed by atoms with van der Waals surface area (Å²) >= 11 is 17.9. The lowest BCUT2D eigenvalue weighted by molar-refractivity contribution is -0.120. The van der Waals surface area contributed by atoms with Crippen LogP contribution >= 0.6 is 34.8 Å². The number of nitrogens with one attached hydrogen (secondary N) is 1. The van der Waals surface area contributed by atoms with Crippen molar-refractivity contribution < 1.29 is 14.3 Å². The van der Waals surface area contributed by atoms with E-state index >= 15 is 0 Å². The molecule has 0 atom stereocenters. The summed E-state index contributed by atoms with van der Waals surface area (Å²) < 4.78 is 5.22. The molecule has 0 aromatic heterocycles. The minimum Gasteiger partial charge on any atom is -0.495 e. The Balaban J connectivity index is 1.95. The van der Waals surface area contributed by atoms with Crippen molar-refractivity contribution in [3.05, 3.63) is 63.2 Å². The lowest BCUT2D eigenvalue weighted by Gasteiger charge is -2.16. The zero-order valence-corrected chi connectivity index (χ0v) is 15.1. The molecule has 2 aromatic rings. The molecule has 2 amide bonds. The summed E-state index contributed by atoms with van der Waals surface area (Å²) in [6.45, 7) is 0. The summed E-state index contributed by atoms with van der Waals surface area (Å²) in [7, 11) is 1.48. The van der Waals surface area contributed by atoms with Crippen molar-refractivity contribution in [1.82, 2.24) is 0 Å². The number of amides is 2. The second kappa shape index (κ2) is 6.96. The van der Waals surface area contributed by atoms with Crippen LogP contribution in [0.15, 0.2) is 53.2 Å². The minimum absolute atomic E-state index is 0.0535. The Bertz CT molecular complexity index is 895. The van der Waals surface area contributed by atoms with Crippen molar-refractivity contribution in [3.8, 4) is 5.75 Å². The van der Waals surface area contributed by atoms with Crippen molar-refractivity contribution in [2.24, 2.45) is 0 Å². The summed E-state index contributed by atoms with van der Waals surface area (Å²) in [4.78, 5) is 26.1. The summed E-state index contributed by atoms with van der Waals surface area (Å²) in [5.74, 6) is -0.761. The van der Waals surface area contributed by atoms with E-state index in [1.165, 1.54) is 7.11 Å². The number of carbonyl (C=O) groups excluding carboxylic acids is 2. The van der Waals surface area contributed by atoms with Gasteiger partial charge in [0.2, 0.25) is 0 Å². The summed E-state index contributed by atoms with van der Waals surface area (Å²) in [5, 5.41) is 3.55. The van der Waals surface area contributed by atoms with E-state index in [9.17, 15) is 9.59 Å². The number of methoxy groups -OCH3 is 1. The number of hydrogen-bond donors (Lipinski definition) is 1. The Kier molecular flexibility index (Phi) is 4.90. The molecule has 0 fully saturated rings. The summed E-state index contributed by atoms with van der Waals surface area (Å²) in [6, 6.07) is 11.1. The molecule has 1 aliphatic heterocycles. The zero-order chi connectivity index (χ0) is 18.1. The molecule has 0 radical (unpaired) electrons. The van der Waals surface area contributed by atoms with Crippen LogP contribution in [0.3, 0.4) is 0 Å². The highest BCUT2D eigenvalue weighted by Gasteiger charge is 2.39. The maximum absolute atomic E-state index is 12.7. The van der Waals surface area contributed by atoms with Gasteiger partial charge in [0.05, 0.1) is 18.5 Å². The maximum atomic E-state index is 12.7. The predicted octanol–water partition coefficient (Wildman–Crippen LogP) is 4.44. The summed E-state index contributed by atoms with van der Waals surface area (Å²) in [5.41, 5.74) is 0.733. The fourth-order valence-corrected chi connectivity index (χ4v) is 2.86. The van der Waals surface area contributed by atoms with Gasteiger partial charge < -0.3 is 10.1 Å². The van der Waals surface area contributed by atoms with Crippen LogP contribution in [-0.4, -0.2) is 18.9 Å². The third-order valence-corrected chi connectivity index (χ3v) is 4.37. The largest absolute Gasteiger partial charge is 0.495 e. The van der Waals surface area contributed by atoms with Gasteiger partial charge in [-0.3, -0.25) is 9.59 Å². The first-order chi connectivity index (χ1) is 11.9. The van der Waals surface area contributed by atoms with Gasteiger partial charge >= 0.3 is 0 Å². The Morgan fingerprint density at radius 2 is 1.56 bits per heavy atom. The molecular weight excluding hydrogens is 387 g/mol. The van der Waals surface area contributed by atoms with Gasteiger partial charge in [0.15, 0.2) is 0 Å². The van der Waals surface area contributed by atoms with Crippen molar-refractivity contribution >= 4 is 58.0 Å². The number of halogens is 3. The van der Waals surface area contributed by atoms with E-state index < -0.39 is 11.8 Å². The second-order valence-electron chi connectivity index (χ2n) is 5.08. The number of anilines is 2. The van der Waals surface area contributed by atoms with Crippen LogP contribution in [0, 0.1) is 0 Å². The molecule has 0 spiro atoms. The van der Waals surface area contributed by atoms with Gasteiger partial charge in [-0.05, 0) is 42.5 Å². The number of ether oxygens (including phenoxy) is 1. The van der Waals surface area contributed by atoms with E-state index in [2.05, 4.69) is 5.32 Å². The van der Waals surface area contributed by atoms with E-state index in [1.54, 1.807) is 42.5 Å². The average Bonchev–Trinajstić information content (AvgIpc) is 2.80. The Hall–Kier alpha value is -2.21. The average molecular weight is 398 g/mol. The normalized spacial score (nSPS) is 14.3. The second-order valence-corrected chi connectivity index (χ2v) is 6.33. The molecule has 0 bridgehead atoms. The van der Waals surface area contributed by atoms with Crippen LogP contribution in [0.1, 0.15) is 0 Å². The van der Waals surface area contributed by atoms with E-state index in [4.69, 9.17) is 39.5 Å². The van der Waals surface area contributed by atoms with Crippen LogP contribution < -0.4 is 15.0 Å². The molecule has 1 heterocycles. The molecule has 128 valence electrons. The molecule has 3 rings (SSSR count). The van der Waals surface area contributed by atoms with Crippen LogP contribution in [0.25, 0.3) is 0 Å². The molecule has 5 nitrogen and oxygen atoms in total. The maximum Gasteiger partial charge on any atom is 0.283 e. The van der Waals surface area contributed by atoms with Gasteiger partial charge in [0.1, 0.15) is 16.5 Å². The summed E-state index contributed by atoms with van der Waals surface area (Å²) in [6.07, 6.45) is 0. The smallest absolute Gasteiger partial charge is 0.283 e. The number of hydrogen-bond acceptors (Lipinski definition) is 4. The van der Waals surface area contributed by atoms with E-state index in [0.717, 1.165) is 4.90 Å². The topological polar surface area (TPSA) is 58.6 Å². The molecule has 1 aliphatic rings. The van der Waals surface area contributed by atoms with E-state index in [0.29, 0.717) is 27.2 Å². The lowest BCUT2D eigenvalue weighted by Crippen LogP contribution is -2.32. The quantitative estimate of drug-likeness (QED) is 0.775. The van der Waals surface area contributed by atoms with Crippen molar-refractivity contribution in [3.63, 3.8) is 0 Å². The molecule has 8 heteroatoms. The van der Waals surface area contributed by atoms with Crippen LogP contribution in [0.5, 0.6) is 5.75 Å². The first-order valence-corrected chi connectivity index (χ1v) is 8.20. The van der Waals surface area contributed by atoms with E-state index in [1.807, 2.05) is 0 Å². The van der Waals surface area contributed by atoms with Crippen LogP contribution in [0.2, 0.25) is 10.0 Å². The standard InChI is InChI=1S/C17H11Cl3N2O3/c1-25-13-7-4-10(19)8-12(13)21-15-14(20)16(23)22(17(15)24)11-5-2-9(18)3-6-11/h2-8,21H,1H3. The monoisotopic (exact) mass is 396 g/mol. The molecule has 0 saturated carbocycles. The molecule has 0 unspecified atom stereocenters. The van der Waals surface area contributed by atoms with Gasteiger partial charge in [-0.2, -0.15) is 0 Å². The predicted molar refractivity (Wildman–Crippen MR) is 98.5 cm³/mol. The van der Waals surface area contributed by atoms with Gasteiger partial charge in [0, 0.05) is 10.0 Å². The number of imide groups is 1. The molecule has 2 aromatic carbocycles. The highest BCUT2D eigenvalue weighted by Crippen LogP contribution is 2.34. The molecular formula is C17H11Cl3N2O3. The van der Waals surface area contributed by atoms with Crippen molar-refractivity contribution in [2.45, 2.75) is 0 Å². The molecule has 1 N–H and O–H groups in total.